The Hall–Kier alpha value is -2.40. The van der Waals surface area contributed by atoms with Crippen LogP contribution in [0.3, 0.4) is 0 Å². The highest BCUT2D eigenvalue weighted by Crippen LogP contribution is 2.19. The first-order chi connectivity index (χ1) is 13.3. The molecule has 0 aliphatic carbocycles. The number of carbonyl (C=O) groups excluding carboxylic acids is 1. The fourth-order valence-corrected chi connectivity index (χ4v) is 3.96. The van der Waals surface area contributed by atoms with Crippen molar-refractivity contribution in [3.63, 3.8) is 0 Å². The van der Waals surface area contributed by atoms with Crippen molar-refractivity contribution in [3.05, 3.63) is 75.2 Å². The molecule has 28 heavy (non-hydrogen) atoms. The number of pyridine rings is 1. The van der Waals surface area contributed by atoms with Gasteiger partial charge in [0.15, 0.2) is 0 Å². The normalized spacial score (nSPS) is 11.4. The minimum absolute atomic E-state index is 0.0971. The highest BCUT2D eigenvalue weighted by Gasteiger charge is 2.16. The van der Waals surface area contributed by atoms with Gasteiger partial charge in [-0.1, -0.05) is 11.6 Å². The van der Waals surface area contributed by atoms with Crippen LogP contribution < -0.4 is 10.0 Å². The summed E-state index contributed by atoms with van der Waals surface area (Å²) in [6, 6.07) is 6.22. The zero-order valence-corrected chi connectivity index (χ0v) is 16.6. The maximum atomic E-state index is 13.2. The van der Waals surface area contributed by atoms with Crippen LogP contribution in [0.15, 0.2) is 53.1 Å². The van der Waals surface area contributed by atoms with Gasteiger partial charge < -0.3 is 5.32 Å². The van der Waals surface area contributed by atoms with Crippen LogP contribution in [0.1, 0.15) is 20.9 Å². The topological polar surface area (TPSA) is 101 Å². The molecule has 3 rings (SSSR count). The molecule has 2 aromatic heterocycles. The van der Waals surface area contributed by atoms with E-state index < -0.39 is 15.8 Å². The molecular weight excluding hydrogens is 427 g/mol. The minimum Gasteiger partial charge on any atom is -0.347 e. The first-order valence-electron chi connectivity index (χ1n) is 7.90. The lowest BCUT2D eigenvalue weighted by Crippen LogP contribution is -2.24. The molecule has 0 spiro atoms. The highest BCUT2D eigenvalue weighted by molar-refractivity contribution is 7.89. The molecule has 0 saturated heterocycles. The Morgan fingerprint density at radius 2 is 2.00 bits per heavy atom. The molecule has 1 amide bonds. The Bertz CT molecular complexity index is 1070. The van der Waals surface area contributed by atoms with Crippen molar-refractivity contribution in [2.75, 3.05) is 0 Å². The second-order valence-corrected chi connectivity index (χ2v) is 8.73. The van der Waals surface area contributed by atoms with Crippen molar-refractivity contribution in [3.8, 4) is 0 Å². The average molecular weight is 441 g/mol. The standard InChI is InChI=1S/C17H14ClFN4O3S2/c18-15-5-14(3-4-16(15)19)28(25,26)23-7-12-2-1-11(6-21-12)17(24)22-9-13-8-20-10-27-13/h1-6,8,10,23H,7,9H2,(H,22,24). The summed E-state index contributed by atoms with van der Waals surface area (Å²) in [5.41, 5.74) is 2.44. The van der Waals surface area contributed by atoms with Gasteiger partial charge in [0.25, 0.3) is 5.91 Å². The molecule has 11 heteroatoms. The molecule has 0 unspecified atom stereocenters. The Labute approximate surface area is 169 Å². The monoisotopic (exact) mass is 440 g/mol. The molecule has 0 aliphatic heterocycles. The number of benzene rings is 1. The van der Waals surface area contributed by atoms with E-state index in [1.54, 1.807) is 23.8 Å². The molecule has 0 bridgehead atoms. The number of sulfonamides is 1. The number of hydrogen-bond donors (Lipinski definition) is 2. The zero-order chi connectivity index (χ0) is 20.1. The summed E-state index contributed by atoms with van der Waals surface area (Å²) in [5, 5.41) is 2.46. The summed E-state index contributed by atoms with van der Waals surface area (Å²) < 4.78 is 40.0. The van der Waals surface area contributed by atoms with Crippen molar-refractivity contribution in [1.82, 2.24) is 20.0 Å². The van der Waals surface area contributed by atoms with Crippen LogP contribution in [-0.2, 0) is 23.1 Å². The Kier molecular flexibility index (Phi) is 6.35. The van der Waals surface area contributed by atoms with E-state index in [-0.39, 0.29) is 22.4 Å². The Morgan fingerprint density at radius 1 is 1.18 bits per heavy atom. The quantitative estimate of drug-likeness (QED) is 0.588. The number of amides is 1. The molecule has 146 valence electrons. The van der Waals surface area contributed by atoms with Gasteiger partial charge in [-0.25, -0.2) is 17.5 Å². The average Bonchev–Trinajstić information content (AvgIpc) is 3.20. The summed E-state index contributed by atoms with van der Waals surface area (Å²) in [4.78, 5) is 20.9. The van der Waals surface area contributed by atoms with Gasteiger partial charge in [0.05, 0.1) is 39.8 Å². The predicted molar refractivity (Wildman–Crippen MR) is 103 cm³/mol. The lowest BCUT2D eigenvalue weighted by Gasteiger charge is -2.08. The third kappa shape index (κ3) is 5.10. The second kappa shape index (κ2) is 8.74. The summed E-state index contributed by atoms with van der Waals surface area (Å²) in [7, 11) is -3.88. The maximum absolute atomic E-state index is 13.2. The number of rotatable bonds is 7. The van der Waals surface area contributed by atoms with E-state index in [0.717, 1.165) is 23.1 Å². The van der Waals surface area contributed by atoms with Crippen molar-refractivity contribution in [2.45, 2.75) is 18.0 Å². The van der Waals surface area contributed by atoms with Crippen molar-refractivity contribution in [2.24, 2.45) is 0 Å². The molecule has 0 saturated carbocycles. The SMILES string of the molecule is O=C(NCc1cncs1)c1ccc(CNS(=O)(=O)c2ccc(F)c(Cl)c2)nc1. The first kappa shape index (κ1) is 20.3. The molecule has 0 aliphatic rings. The van der Waals surface area contributed by atoms with Crippen LogP contribution in [0.4, 0.5) is 4.39 Å². The molecule has 7 nitrogen and oxygen atoms in total. The highest BCUT2D eigenvalue weighted by atomic mass is 35.5. The Balaban J connectivity index is 1.59. The second-order valence-electron chi connectivity index (χ2n) is 5.59. The van der Waals surface area contributed by atoms with E-state index in [9.17, 15) is 17.6 Å². The lowest BCUT2D eigenvalue weighted by atomic mass is 10.2. The summed E-state index contributed by atoms with van der Waals surface area (Å²) >= 11 is 7.06. The van der Waals surface area contributed by atoms with Gasteiger partial charge >= 0.3 is 0 Å². The molecule has 0 fully saturated rings. The van der Waals surface area contributed by atoms with Gasteiger partial charge in [0.2, 0.25) is 10.0 Å². The van der Waals surface area contributed by atoms with Gasteiger partial charge in [-0.05, 0) is 30.3 Å². The zero-order valence-electron chi connectivity index (χ0n) is 14.2. The number of halogens is 2. The fraction of sp³-hybridized carbons (Fsp3) is 0.118. The largest absolute Gasteiger partial charge is 0.347 e. The molecule has 2 heterocycles. The van der Waals surface area contributed by atoms with Crippen molar-refractivity contribution in [1.29, 1.82) is 0 Å². The van der Waals surface area contributed by atoms with Gasteiger partial charge in [-0.2, -0.15) is 0 Å². The van der Waals surface area contributed by atoms with E-state index in [2.05, 4.69) is 20.0 Å². The molecule has 0 atom stereocenters. The molecular formula is C17H14ClFN4O3S2. The van der Waals surface area contributed by atoms with Crippen LogP contribution >= 0.6 is 22.9 Å². The molecule has 0 radical (unpaired) electrons. The van der Waals surface area contributed by atoms with Crippen molar-refractivity contribution < 1.29 is 17.6 Å². The molecule has 1 aromatic carbocycles. The third-order valence-corrected chi connectivity index (χ3v) is 6.11. The Morgan fingerprint density at radius 3 is 2.64 bits per heavy atom. The summed E-state index contributed by atoms with van der Waals surface area (Å²) in [6.45, 7) is 0.269. The smallest absolute Gasteiger partial charge is 0.253 e. The number of nitrogens with zero attached hydrogens (tertiary/aromatic N) is 2. The van der Waals surface area contributed by atoms with Crippen LogP contribution in [0.2, 0.25) is 5.02 Å². The third-order valence-electron chi connectivity index (χ3n) is 3.64. The number of aromatic nitrogens is 2. The van der Waals surface area contributed by atoms with E-state index >= 15 is 0 Å². The number of hydrogen-bond acceptors (Lipinski definition) is 6. The van der Waals surface area contributed by atoms with Crippen LogP contribution in [0.25, 0.3) is 0 Å². The maximum Gasteiger partial charge on any atom is 0.253 e. The van der Waals surface area contributed by atoms with Crippen LogP contribution in [0, 0.1) is 5.82 Å². The predicted octanol–water partition coefficient (Wildman–Crippen LogP) is 2.74. The van der Waals surface area contributed by atoms with E-state index in [4.69, 9.17) is 11.6 Å². The summed E-state index contributed by atoms with van der Waals surface area (Å²) in [5.74, 6) is -1.000. The van der Waals surface area contributed by atoms with Crippen LogP contribution in [-0.4, -0.2) is 24.3 Å². The van der Waals surface area contributed by atoms with E-state index in [1.165, 1.54) is 17.5 Å². The van der Waals surface area contributed by atoms with E-state index in [1.807, 2.05) is 0 Å². The van der Waals surface area contributed by atoms with Gasteiger partial charge in [0, 0.05) is 17.3 Å². The number of carbonyl (C=O) groups is 1. The van der Waals surface area contributed by atoms with Gasteiger partial charge in [-0.15, -0.1) is 11.3 Å². The lowest BCUT2D eigenvalue weighted by molar-refractivity contribution is 0.0951. The van der Waals surface area contributed by atoms with Crippen LogP contribution in [0.5, 0.6) is 0 Å². The number of thiazole rings is 1. The van der Waals surface area contributed by atoms with Gasteiger partial charge in [0.1, 0.15) is 5.82 Å². The first-order valence-corrected chi connectivity index (χ1v) is 10.6. The van der Waals surface area contributed by atoms with E-state index in [0.29, 0.717) is 17.8 Å². The van der Waals surface area contributed by atoms with Crippen molar-refractivity contribution >= 4 is 38.9 Å². The minimum atomic E-state index is -3.88. The van der Waals surface area contributed by atoms with Gasteiger partial charge in [-0.3, -0.25) is 14.8 Å². The molecule has 3 aromatic rings. The fourth-order valence-electron chi connectivity index (χ4n) is 2.16. The summed E-state index contributed by atoms with van der Waals surface area (Å²) in [6.07, 6.45) is 3.03. The molecule has 2 N–H and O–H groups in total. The number of nitrogens with one attached hydrogen (secondary N) is 2.